The van der Waals surface area contributed by atoms with Gasteiger partial charge in [-0.25, -0.2) is 17.1 Å². The van der Waals surface area contributed by atoms with E-state index in [-0.39, 0.29) is 41.5 Å². The number of hydrogen-bond acceptors (Lipinski definition) is 3. The van der Waals surface area contributed by atoms with E-state index in [1.165, 1.54) is 33.6 Å². The highest BCUT2D eigenvalue weighted by molar-refractivity contribution is 7.88. The molecule has 1 saturated heterocycles. The number of benzene rings is 2. The van der Waals surface area contributed by atoms with Gasteiger partial charge in [0.15, 0.2) is 0 Å². The van der Waals surface area contributed by atoms with E-state index in [9.17, 15) is 17.6 Å². The Bertz CT molecular complexity index is 1050. The van der Waals surface area contributed by atoms with Crippen LogP contribution >= 0.6 is 11.6 Å². The van der Waals surface area contributed by atoms with Crippen LogP contribution in [0.2, 0.25) is 5.02 Å². The minimum absolute atomic E-state index is 0.0139. The molecule has 1 aliphatic carbocycles. The minimum atomic E-state index is -3.72. The molecule has 0 radical (unpaired) electrons. The summed E-state index contributed by atoms with van der Waals surface area (Å²) in [5.74, 6) is -1.35. The molecule has 8 heteroatoms. The number of nitrogens with one attached hydrogen (secondary N) is 1. The lowest BCUT2D eigenvalue weighted by molar-refractivity contribution is -0.127. The number of carbonyl (C=O) groups is 1. The number of amides is 1. The Morgan fingerprint density at radius 1 is 1.10 bits per heavy atom. The fourth-order valence-corrected chi connectivity index (χ4v) is 6.45. The van der Waals surface area contributed by atoms with Crippen molar-refractivity contribution in [1.29, 1.82) is 0 Å². The molecule has 1 fully saturated rings. The molecule has 1 amide bonds. The van der Waals surface area contributed by atoms with Gasteiger partial charge < -0.3 is 5.32 Å². The van der Waals surface area contributed by atoms with E-state index in [4.69, 9.17) is 11.6 Å². The second-order valence-electron chi connectivity index (χ2n) is 8.28. The first-order valence-electron chi connectivity index (χ1n) is 10.6. The summed E-state index contributed by atoms with van der Waals surface area (Å²) in [5, 5.41) is 3.28. The predicted molar refractivity (Wildman–Crippen MR) is 119 cm³/mol. The van der Waals surface area contributed by atoms with Crippen molar-refractivity contribution in [2.24, 2.45) is 5.92 Å². The molecule has 0 saturated carbocycles. The molecule has 1 N–H and O–H groups in total. The molecule has 4 rings (SSSR count). The predicted octanol–water partition coefficient (Wildman–Crippen LogP) is 4.21. The first-order valence-corrected chi connectivity index (χ1v) is 12.6. The van der Waals surface area contributed by atoms with Crippen LogP contribution in [0.25, 0.3) is 0 Å². The number of carbonyl (C=O) groups excluding carboxylic acids is 1. The van der Waals surface area contributed by atoms with E-state index >= 15 is 0 Å². The van der Waals surface area contributed by atoms with Crippen molar-refractivity contribution in [3.05, 3.63) is 70.0 Å². The molecule has 31 heavy (non-hydrogen) atoms. The molecule has 1 aliphatic heterocycles. The lowest BCUT2D eigenvalue weighted by atomic mass is 9.87. The Morgan fingerprint density at radius 2 is 1.84 bits per heavy atom. The largest absolute Gasteiger partial charge is 0.349 e. The monoisotopic (exact) mass is 464 g/mol. The highest BCUT2D eigenvalue weighted by Gasteiger charge is 2.33. The lowest BCUT2D eigenvalue weighted by Gasteiger charge is -2.33. The molecule has 0 aromatic heterocycles. The number of aryl methyl sites for hydroxylation is 1. The molecule has 2 aromatic carbocycles. The van der Waals surface area contributed by atoms with Crippen LogP contribution in [-0.2, 0) is 27.0 Å². The van der Waals surface area contributed by atoms with Gasteiger partial charge in [0.25, 0.3) is 0 Å². The Labute approximate surface area is 187 Å². The molecular weight excluding hydrogens is 439 g/mol. The average molecular weight is 465 g/mol. The molecule has 1 heterocycles. The Balaban J connectivity index is 1.36. The quantitative estimate of drug-likeness (QED) is 0.720. The summed E-state index contributed by atoms with van der Waals surface area (Å²) in [6.07, 6.45) is 3.89. The summed E-state index contributed by atoms with van der Waals surface area (Å²) in [7, 11) is -3.72. The van der Waals surface area contributed by atoms with Crippen LogP contribution in [0.5, 0.6) is 0 Å². The molecule has 0 spiro atoms. The van der Waals surface area contributed by atoms with Gasteiger partial charge in [-0.1, -0.05) is 41.9 Å². The van der Waals surface area contributed by atoms with Crippen LogP contribution in [-0.4, -0.2) is 31.7 Å². The molecule has 1 atom stereocenters. The van der Waals surface area contributed by atoms with Crippen LogP contribution in [0.1, 0.15) is 48.4 Å². The number of fused-ring (bicyclic) bond motifs is 1. The van der Waals surface area contributed by atoms with Gasteiger partial charge in [0.05, 0.1) is 11.8 Å². The first kappa shape index (κ1) is 22.2. The van der Waals surface area contributed by atoms with Crippen molar-refractivity contribution < 1.29 is 17.6 Å². The standard InChI is InChI=1S/C23H26ClFN2O3S/c24-20-8-4-9-21(25)19(20)15-31(29,30)27-13-11-17(12-14-27)23(28)26-22-10-3-6-16-5-1-2-7-18(16)22/h1-2,4-5,7-9,17,22H,3,6,10-15H2,(H,26,28). The van der Waals surface area contributed by atoms with Crippen LogP contribution in [0.3, 0.4) is 0 Å². The number of piperidine rings is 1. The number of rotatable bonds is 5. The van der Waals surface area contributed by atoms with Crippen LogP contribution in [0.15, 0.2) is 42.5 Å². The van der Waals surface area contributed by atoms with Gasteiger partial charge in [0, 0.05) is 29.6 Å². The van der Waals surface area contributed by atoms with E-state index in [1.807, 2.05) is 12.1 Å². The summed E-state index contributed by atoms with van der Waals surface area (Å²) >= 11 is 5.99. The highest BCUT2D eigenvalue weighted by Crippen LogP contribution is 2.31. The van der Waals surface area contributed by atoms with Crippen LogP contribution in [0.4, 0.5) is 4.39 Å². The average Bonchev–Trinajstić information content (AvgIpc) is 2.77. The maximum atomic E-state index is 14.0. The van der Waals surface area contributed by atoms with Gasteiger partial charge in [-0.15, -0.1) is 0 Å². The van der Waals surface area contributed by atoms with Crippen LogP contribution < -0.4 is 5.32 Å². The normalized spacial score (nSPS) is 20.3. The lowest BCUT2D eigenvalue weighted by Crippen LogP contribution is -2.44. The van der Waals surface area contributed by atoms with Crippen molar-refractivity contribution >= 4 is 27.5 Å². The molecule has 1 unspecified atom stereocenters. The third-order valence-electron chi connectivity index (χ3n) is 6.29. The van der Waals surface area contributed by atoms with Gasteiger partial charge in [-0.3, -0.25) is 4.79 Å². The van der Waals surface area contributed by atoms with Gasteiger partial charge in [0.1, 0.15) is 5.82 Å². The van der Waals surface area contributed by atoms with E-state index in [0.717, 1.165) is 19.3 Å². The van der Waals surface area contributed by atoms with Gasteiger partial charge >= 0.3 is 0 Å². The summed E-state index contributed by atoms with van der Waals surface area (Å²) in [6, 6.07) is 12.3. The summed E-state index contributed by atoms with van der Waals surface area (Å²) in [6.45, 7) is 0.488. The van der Waals surface area contributed by atoms with Crippen molar-refractivity contribution in [3.8, 4) is 0 Å². The summed E-state index contributed by atoms with van der Waals surface area (Å²) < 4.78 is 40.9. The number of halogens is 2. The second-order valence-corrected chi connectivity index (χ2v) is 10.7. The zero-order chi connectivity index (χ0) is 22.0. The SMILES string of the molecule is O=C(NC1CCCc2ccccc21)C1CCN(S(=O)(=O)Cc2c(F)cccc2Cl)CC1. The topological polar surface area (TPSA) is 66.5 Å². The van der Waals surface area contributed by atoms with E-state index in [1.54, 1.807) is 0 Å². The third-order valence-corrected chi connectivity index (χ3v) is 8.45. The molecule has 166 valence electrons. The van der Waals surface area contributed by atoms with Crippen molar-refractivity contribution in [2.75, 3.05) is 13.1 Å². The fraction of sp³-hybridized carbons (Fsp3) is 0.435. The highest BCUT2D eigenvalue weighted by atomic mass is 35.5. The fourth-order valence-electron chi connectivity index (χ4n) is 4.53. The summed E-state index contributed by atoms with van der Waals surface area (Å²) in [5.41, 5.74) is 2.45. The smallest absolute Gasteiger partial charge is 0.223 e. The molecule has 2 aromatic rings. The maximum absolute atomic E-state index is 14.0. The van der Waals surface area contributed by atoms with Crippen molar-refractivity contribution in [3.63, 3.8) is 0 Å². The van der Waals surface area contributed by atoms with Gasteiger partial charge in [-0.05, 0) is 55.4 Å². The Morgan fingerprint density at radius 3 is 2.58 bits per heavy atom. The maximum Gasteiger partial charge on any atom is 0.223 e. The number of hydrogen-bond donors (Lipinski definition) is 1. The molecule has 0 bridgehead atoms. The van der Waals surface area contributed by atoms with Crippen molar-refractivity contribution in [2.45, 2.75) is 43.9 Å². The van der Waals surface area contributed by atoms with Crippen molar-refractivity contribution in [1.82, 2.24) is 9.62 Å². The minimum Gasteiger partial charge on any atom is -0.349 e. The zero-order valence-corrected chi connectivity index (χ0v) is 18.8. The first-order chi connectivity index (χ1) is 14.8. The van der Waals surface area contributed by atoms with Gasteiger partial charge in [-0.2, -0.15) is 0 Å². The third kappa shape index (κ3) is 4.94. The number of nitrogens with zero attached hydrogens (tertiary/aromatic N) is 1. The zero-order valence-electron chi connectivity index (χ0n) is 17.2. The van der Waals surface area contributed by atoms with E-state index in [2.05, 4.69) is 17.4 Å². The van der Waals surface area contributed by atoms with E-state index in [0.29, 0.717) is 12.8 Å². The second kappa shape index (κ2) is 9.27. The van der Waals surface area contributed by atoms with Crippen LogP contribution in [0, 0.1) is 11.7 Å². The Kier molecular flexibility index (Phi) is 6.65. The molecule has 5 nitrogen and oxygen atoms in total. The Hall–Kier alpha value is -1.96. The van der Waals surface area contributed by atoms with Gasteiger partial charge in [0.2, 0.25) is 15.9 Å². The summed E-state index contributed by atoms with van der Waals surface area (Å²) in [4.78, 5) is 12.9. The molecule has 2 aliphatic rings. The number of sulfonamides is 1. The molecular formula is C23H26ClFN2O3S. The van der Waals surface area contributed by atoms with E-state index < -0.39 is 21.6 Å².